The van der Waals surface area contributed by atoms with Crippen molar-refractivity contribution in [3.05, 3.63) is 29.8 Å². The van der Waals surface area contributed by atoms with E-state index in [-0.39, 0.29) is 10.9 Å². The van der Waals surface area contributed by atoms with E-state index >= 15 is 0 Å². The average molecular weight is 313 g/mol. The Morgan fingerprint density at radius 1 is 1.24 bits per heavy atom. The highest BCUT2D eigenvalue weighted by Crippen LogP contribution is 2.17. The first kappa shape index (κ1) is 17.7. The van der Waals surface area contributed by atoms with Crippen LogP contribution in [0.3, 0.4) is 0 Å². The molecule has 0 aliphatic heterocycles. The largest absolute Gasteiger partial charge is 0.380 e. The van der Waals surface area contributed by atoms with E-state index in [0.29, 0.717) is 6.61 Å². The summed E-state index contributed by atoms with van der Waals surface area (Å²) in [4.78, 5) is 12.1. The first-order chi connectivity index (χ1) is 9.82. The van der Waals surface area contributed by atoms with Crippen molar-refractivity contribution in [2.75, 3.05) is 7.11 Å². The van der Waals surface area contributed by atoms with E-state index in [4.69, 9.17) is 4.74 Å². The van der Waals surface area contributed by atoms with Crippen LogP contribution in [0.5, 0.6) is 0 Å². The average Bonchev–Trinajstić information content (AvgIpc) is 2.47. The lowest BCUT2D eigenvalue weighted by atomic mass is 10.2. The molecule has 2 atom stereocenters. The lowest BCUT2D eigenvalue weighted by Gasteiger charge is -2.17. The molecule has 6 heteroatoms. The number of carbonyl (C=O) groups is 1. The zero-order valence-electron chi connectivity index (χ0n) is 12.9. The molecule has 1 aromatic carbocycles. The molecule has 21 heavy (non-hydrogen) atoms. The van der Waals surface area contributed by atoms with Crippen LogP contribution in [0.25, 0.3) is 0 Å². The minimum absolute atomic E-state index is 0.0424. The van der Waals surface area contributed by atoms with Crippen molar-refractivity contribution in [3.63, 3.8) is 0 Å². The molecule has 0 bridgehead atoms. The van der Waals surface area contributed by atoms with Crippen molar-refractivity contribution < 1.29 is 17.9 Å². The molecule has 118 valence electrons. The minimum Gasteiger partial charge on any atom is -0.380 e. The van der Waals surface area contributed by atoms with Gasteiger partial charge in [0.15, 0.2) is 9.84 Å². The lowest BCUT2D eigenvalue weighted by Crippen LogP contribution is -2.42. The monoisotopic (exact) mass is 313 g/mol. The van der Waals surface area contributed by atoms with Gasteiger partial charge in [0.1, 0.15) is 5.25 Å². The second-order valence-corrected chi connectivity index (χ2v) is 7.35. The Labute approximate surface area is 126 Å². The van der Waals surface area contributed by atoms with E-state index in [1.165, 1.54) is 19.1 Å². The molecule has 1 amide bonds. The molecule has 0 radical (unpaired) electrons. The number of hydrogen-bond acceptors (Lipinski definition) is 4. The lowest BCUT2D eigenvalue weighted by molar-refractivity contribution is -0.121. The van der Waals surface area contributed by atoms with Crippen LogP contribution in [0.15, 0.2) is 29.2 Å². The molecule has 1 N–H and O–H groups in total. The third-order valence-electron chi connectivity index (χ3n) is 3.40. The molecule has 2 unspecified atom stereocenters. The predicted molar refractivity (Wildman–Crippen MR) is 81.7 cm³/mol. The Bertz CT molecular complexity index is 566. The Kier molecular flexibility index (Phi) is 6.36. The van der Waals surface area contributed by atoms with Gasteiger partial charge in [0.25, 0.3) is 0 Å². The Morgan fingerprint density at radius 2 is 1.81 bits per heavy atom. The molecule has 0 fully saturated rings. The summed E-state index contributed by atoms with van der Waals surface area (Å²) in [5.74, 6) is -0.467. The third-order valence-corrected chi connectivity index (χ3v) is 5.47. The quantitative estimate of drug-likeness (QED) is 0.834. The van der Waals surface area contributed by atoms with Gasteiger partial charge in [0, 0.05) is 13.2 Å². The Morgan fingerprint density at radius 3 is 2.29 bits per heavy atom. The first-order valence-electron chi connectivity index (χ1n) is 6.95. The predicted octanol–water partition coefficient (Wildman–Crippen LogP) is 1.91. The van der Waals surface area contributed by atoms with E-state index in [1.807, 2.05) is 13.8 Å². The molecule has 1 rings (SSSR count). The van der Waals surface area contributed by atoms with Crippen LogP contribution in [-0.4, -0.2) is 32.7 Å². The molecule has 0 spiro atoms. The number of ether oxygens (including phenoxy) is 1. The molecule has 0 aliphatic rings. The van der Waals surface area contributed by atoms with E-state index in [1.54, 1.807) is 19.2 Å². The molecule has 0 saturated heterocycles. The van der Waals surface area contributed by atoms with Crippen LogP contribution >= 0.6 is 0 Å². The maximum atomic E-state index is 12.4. The van der Waals surface area contributed by atoms with Crippen LogP contribution in [0.1, 0.15) is 32.8 Å². The summed E-state index contributed by atoms with van der Waals surface area (Å²) in [6, 6.07) is 6.36. The van der Waals surface area contributed by atoms with E-state index in [2.05, 4.69) is 5.32 Å². The van der Waals surface area contributed by atoms with Crippen molar-refractivity contribution in [1.29, 1.82) is 0 Å². The van der Waals surface area contributed by atoms with Crippen molar-refractivity contribution >= 4 is 15.7 Å². The standard InChI is InChI=1S/C15H23NO4S/c1-5-11(2)16-15(17)12(3)21(18,19)14-8-6-13(7-9-14)10-20-4/h6-9,11-12H,5,10H2,1-4H3,(H,16,17). The summed E-state index contributed by atoms with van der Waals surface area (Å²) in [6.45, 7) is 5.61. The molecule has 0 aromatic heterocycles. The van der Waals surface area contributed by atoms with E-state index in [9.17, 15) is 13.2 Å². The summed E-state index contributed by atoms with van der Waals surface area (Å²) in [5, 5.41) is 1.59. The molecular formula is C15H23NO4S. The molecular weight excluding hydrogens is 290 g/mol. The highest BCUT2D eigenvalue weighted by atomic mass is 32.2. The number of amides is 1. The maximum absolute atomic E-state index is 12.4. The molecule has 5 nitrogen and oxygen atoms in total. The van der Waals surface area contributed by atoms with Gasteiger partial charge in [-0.25, -0.2) is 8.42 Å². The zero-order chi connectivity index (χ0) is 16.0. The molecule has 0 aliphatic carbocycles. The van der Waals surface area contributed by atoms with Gasteiger partial charge >= 0.3 is 0 Å². The van der Waals surface area contributed by atoms with Crippen LogP contribution in [0, 0.1) is 0 Å². The van der Waals surface area contributed by atoms with Gasteiger partial charge in [-0.3, -0.25) is 4.79 Å². The number of hydrogen-bond donors (Lipinski definition) is 1. The molecule has 1 aromatic rings. The van der Waals surface area contributed by atoms with Crippen LogP contribution < -0.4 is 5.32 Å². The van der Waals surface area contributed by atoms with Crippen molar-refractivity contribution in [2.45, 2.75) is 50.0 Å². The number of benzene rings is 1. The SMILES string of the molecule is CCC(C)NC(=O)C(C)S(=O)(=O)c1ccc(COC)cc1. The Hall–Kier alpha value is -1.40. The van der Waals surface area contributed by atoms with Gasteiger partial charge in [-0.05, 0) is 38.0 Å². The summed E-state index contributed by atoms with van der Waals surface area (Å²) in [5.41, 5.74) is 0.883. The van der Waals surface area contributed by atoms with Crippen LogP contribution in [0.2, 0.25) is 0 Å². The fraction of sp³-hybridized carbons (Fsp3) is 0.533. The highest BCUT2D eigenvalue weighted by Gasteiger charge is 2.30. The second-order valence-electron chi connectivity index (χ2n) is 5.08. The van der Waals surface area contributed by atoms with Crippen LogP contribution in [-0.2, 0) is 26.0 Å². The van der Waals surface area contributed by atoms with Gasteiger partial charge in [-0.2, -0.15) is 0 Å². The van der Waals surface area contributed by atoms with E-state index < -0.39 is 21.0 Å². The van der Waals surface area contributed by atoms with Gasteiger partial charge < -0.3 is 10.1 Å². The minimum atomic E-state index is -3.68. The number of sulfone groups is 1. The molecule has 0 saturated carbocycles. The number of methoxy groups -OCH3 is 1. The highest BCUT2D eigenvalue weighted by molar-refractivity contribution is 7.92. The summed E-state index contributed by atoms with van der Waals surface area (Å²) in [7, 11) is -2.10. The summed E-state index contributed by atoms with van der Waals surface area (Å²) < 4.78 is 29.8. The first-order valence-corrected chi connectivity index (χ1v) is 8.49. The van der Waals surface area contributed by atoms with Gasteiger partial charge in [-0.1, -0.05) is 19.1 Å². The fourth-order valence-electron chi connectivity index (χ4n) is 1.75. The van der Waals surface area contributed by atoms with Crippen molar-refractivity contribution in [1.82, 2.24) is 5.32 Å². The normalized spacial score (nSPS) is 14.5. The number of rotatable bonds is 7. The maximum Gasteiger partial charge on any atom is 0.238 e. The van der Waals surface area contributed by atoms with Gasteiger partial charge in [-0.15, -0.1) is 0 Å². The van der Waals surface area contributed by atoms with Crippen LogP contribution in [0.4, 0.5) is 0 Å². The van der Waals surface area contributed by atoms with Gasteiger partial charge in [0.05, 0.1) is 11.5 Å². The fourth-order valence-corrected chi connectivity index (χ4v) is 3.02. The smallest absolute Gasteiger partial charge is 0.238 e. The number of carbonyl (C=O) groups excluding carboxylic acids is 1. The van der Waals surface area contributed by atoms with Crippen molar-refractivity contribution in [3.8, 4) is 0 Å². The molecule has 0 heterocycles. The number of nitrogens with one attached hydrogen (secondary N) is 1. The van der Waals surface area contributed by atoms with E-state index in [0.717, 1.165) is 12.0 Å². The summed E-state index contributed by atoms with van der Waals surface area (Å²) in [6.07, 6.45) is 0.754. The van der Waals surface area contributed by atoms with Crippen molar-refractivity contribution in [2.24, 2.45) is 0 Å². The van der Waals surface area contributed by atoms with Gasteiger partial charge in [0.2, 0.25) is 5.91 Å². The topological polar surface area (TPSA) is 72.5 Å². The second kappa shape index (κ2) is 7.56. The summed E-state index contributed by atoms with van der Waals surface area (Å²) >= 11 is 0. The Balaban J connectivity index is 2.91. The third kappa shape index (κ3) is 4.54. The zero-order valence-corrected chi connectivity index (χ0v) is 13.7.